The summed E-state index contributed by atoms with van der Waals surface area (Å²) < 4.78 is 11.0. The lowest BCUT2D eigenvalue weighted by molar-refractivity contribution is 0.0515. The fourth-order valence-electron chi connectivity index (χ4n) is 2.34. The highest BCUT2D eigenvalue weighted by Crippen LogP contribution is 2.31. The van der Waals surface area contributed by atoms with Crippen LogP contribution in [0.2, 0.25) is 0 Å². The Balaban J connectivity index is 1.95. The van der Waals surface area contributed by atoms with Crippen LogP contribution in [0.3, 0.4) is 0 Å². The molecule has 0 atom stereocenters. The van der Waals surface area contributed by atoms with Crippen LogP contribution in [0.15, 0.2) is 54.6 Å². The van der Waals surface area contributed by atoms with E-state index in [-0.39, 0.29) is 0 Å². The van der Waals surface area contributed by atoms with Gasteiger partial charge in [-0.05, 0) is 24.6 Å². The van der Waals surface area contributed by atoms with Crippen molar-refractivity contribution in [3.63, 3.8) is 0 Å². The largest absolute Gasteiger partial charge is 0.486 e. The molecular weight excluding hydrogens is 278 g/mol. The predicted octanol–water partition coefficient (Wildman–Crippen LogP) is 3.92. The number of benzene rings is 2. The molecule has 0 aliphatic heterocycles. The van der Waals surface area contributed by atoms with Crippen LogP contribution in [0.25, 0.3) is 10.9 Å². The maximum atomic E-state index is 12.1. The molecule has 1 N–H and O–H groups in total. The molecule has 0 fully saturated rings. The number of para-hydroxylation sites is 1. The zero-order valence-corrected chi connectivity index (χ0v) is 12.3. The lowest BCUT2D eigenvalue weighted by Gasteiger charge is -2.08. The minimum Gasteiger partial charge on any atom is -0.486 e. The van der Waals surface area contributed by atoms with E-state index in [0.29, 0.717) is 24.7 Å². The van der Waals surface area contributed by atoms with Crippen LogP contribution >= 0.6 is 0 Å². The summed E-state index contributed by atoms with van der Waals surface area (Å²) in [6, 6.07) is 17.5. The molecule has 0 saturated heterocycles. The van der Waals surface area contributed by atoms with Gasteiger partial charge in [-0.1, -0.05) is 42.5 Å². The van der Waals surface area contributed by atoms with Gasteiger partial charge in [0.05, 0.1) is 6.61 Å². The number of H-pyrrole nitrogens is 1. The van der Waals surface area contributed by atoms with Gasteiger partial charge < -0.3 is 14.5 Å². The average molecular weight is 295 g/mol. The molecule has 0 radical (unpaired) electrons. The number of nitrogens with one attached hydrogen (secondary N) is 1. The van der Waals surface area contributed by atoms with Crippen LogP contribution < -0.4 is 4.74 Å². The van der Waals surface area contributed by atoms with Crippen molar-refractivity contribution in [2.45, 2.75) is 13.5 Å². The summed E-state index contributed by atoms with van der Waals surface area (Å²) >= 11 is 0. The molecule has 4 heteroatoms. The summed E-state index contributed by atoms with van der Waals surface area (Å²) in [6.45, 7) is 2.51. The third-order valence-corrected chi connectivity index (χ3v) is 3.36. The van der Waals surface area contributed by atoms with Crippen molar-refractivity contribution < 1.29 is 14.3 Å². The fourth-order valence-corrected chi connectivity index (χ4v) is 2.34. The zero-order valence-electron chi connectivity index (χ0n) is 12.3. The Morgan fingerprint density at radius 1 is 1.05 bits per heavy atom. The molecule has 0 unspecified atom stereocenters. The predicted molar refractivity (Wildman–Crippen MR) is 85.0 cm³/mol. The van der Waals surface area contributed by atoms with Gasteiger partial charge in [0.1, 0.15) is 6.61 Å². The molecule has 0 aliphatic rings. The molecule has 1 heterocycles. The van der Waals surface area contributed by atoms with E-state index in [1.54, 1.807) is 6.92 Å². The molecule has 0 saturated carbocycles. The smallest absolute Gasteiger partial charge is 0.358 e. The molecule has 0 spiro atoms. The summed E-state index contributed by atoms with van der Waals surface area (Å²) in [6.07, 6.45) is 0. The highest BCUT2D eigenvalue weighted by atomic mass is 16.5. The van der Waals surface area contributed by atoms with Gasteiger partial charge in [0.25, 0.3) is 0 Å². The third-order valence-electron chi connectivity index (χ3n) is 3.36. The van der Waals surface area contributed by atoms with Crippen molar-refractivity contribution in [1.29, 1.82) is 0 Å². The summed E-state index contributed by atoms with van der Waals surface area (Å²) in [7, 11) is 0. The van der Waals surface area contributed by atoms with Crippen LogP contribution in [-0.2, 0) is 11.3 Å². The standard InChI is InChI=1S/C18H17NO3/c1-2-21-18(20)16-17(14-10-6-7-11-15(14)19-16)22-12-13-8-4-3-5-9-13/h3-11,19H,2,12H2,1H3. The van der Waals surface area contributed by atoms with E-state index in [9.17, 15) is 4.79 Å². The number of carbonyl (C=O) groups is 1. The maximum Gasteiger partial charge on any atom is 0.358 e. The lowest BCUT2D eigenvalue weighted by Crippen LogP contribution is -2.07. The zero-order chi connectivity index (χ0) is 15.4. The number of ether oxygens (including phenoxy) is 2. The number of esters is 1. The Kier molecular flexibility index (Phi) is 4.10. The van der Waals surface area contributed by atoms with Crippen molar-refractivity contribution in [2.75, 3.05) is 6.61 Å². The van der Waals surface area contributed by atoms with Crippen molar-refractivity contribution in [3.8, 4) is 5.75 Å². The fraction of sp³-hybridized carbons (Fsp3) is 0.167. The molecule has 4 nitrogen and oxygen atoms in total. The number of aromatic amines is 1. The van der Waals surface area contributed by atoms with E-state index in [1.165, 1.54) is 0 Å². The minimum atomic E-state index is -0.401. The Hall–Kier alpha value is -2.75. The van der Waals surface area contributed by atoms with E-state index >= 15 is 0 Å². The van der Waals surface area contributed by atoms with E-state index < -0.39 is 5.97 Å². The topological polar surface area (TPSA) is 51.3 Å². The Morgan fingerprint density at radius 3 is 2.55 bits per heavy atom. The maximum absolute atomic E-state index is 12.1. The van der Waals surface area contributed by atoms with Gasteiger partial charge in [-0.3, -0.25) is 0 Å². The van der Waals surface area contributed by atoms with E-state index in [4.69, 9.17) is 9.47 Å². The first kappa shape index (κ1) is 14.2. The Bertz CT molecular complexity index is 777. The summed E-state index contributed by atoms with van der Waals surface area (Å²) in [5.41, 5.74) is 2.26. The van der Waals surface area contributed by atoms with Gasteiger partial charge in [-0.2, -0.15) is 0 Å². The Labute approximate surface area is 128 Å². The highest BCUT2D eigenvalue weighted by Gasteiger charge is 2.20. The van der Waals surface area contributed by atoms with Crippen LogP contribution in [-0.4, -0.2) is 17.6 Å². The second-order valence-electron chi connectivity index (χ2n) is 4.87. The molecule has 0 bridgehead atoms. The number of carbonyl (C=O) groups excluding carboxylic acids is 1. The van der Waals surface area contributed by atoms with Gasteiger partial charge >= 0.3 is 5.97 Å². The molecule has 0 aliphatic carbocycles. The van der Waals surface area contributed by atoms with Gasteiger partial charge in [-0.15, -0.1) is 0 Å². The molecule has 22 heavy (non-hydrogen) atoms. The van der Waals surface area contributed by atoms with E-state index in [0.717, 1.165) is 16.5 Å². The van der Waals surface area contributed by atoms with Gasteiger partial charge in [0.15, 0.2) is 11.4 Å². The van der Waals surface area contributed by atoms with E-state index in [1.807, 2.05) is 54.6 Å². The molecule has 2 aromatic carbocycles. The van der Waals surface area contributed by atoms with Gasteiger partial charge in [0.2, 0.25) is 0 Å². The lowest BCUT2D eigenvalue weighted by atomic mass is 10.2. The summed E-state index contributed by atoms with van der Waals surface area (Å²) in [4.78, 5) is 15.2. The summed E-state index contributed by atoms with van der Waals surface area (Å²) in [5.74, 6) is 0.139. The second kappa shape index (κ2) is 6.35. The highest BCUT2D eigenvalue weighted by molar-refractivity contribution is 6.00. The molecule has 3 aromatic rings. The number of fused-ring (bicyclic) bond motifs is 1. The molecule has 1 aromatic heterocycles. The summed E-state index contributed by atoms with van der Waals surface area (Å²) in [5, 5.41) is 0.876. The quantitative estimate of drug-likeness (QED) is 0.726. The second-order valence-corrected chi connectivity index (χ2v) is 4.87. The molecule has 0 amide bonds. The van der Waals surface area contributed by atoms with Gasteiger partial charge in [0, 0.05) is 10.9 Å². The minimum absolute atomic E-state index is 0.326. The first-order chi connectivity index (χ1) is 10.8. The van der Waals surface area contributed by atoms with E-state index in [2.05, 4.69) is 4.98 Å². The van der Waals surface area contributed by atoms with Crippen molar-refractivity contribution in [2.24, 2.45) is 0 Å². The first-order valence-electron chi connectivity index (χ1n) is 7.24. The van der Waals surface area contributed by atoms with Crippen LogP contribution in [0.5, 0.6) is 5.75 Å². The van der Waals surface area contributed by atoms with Gasteiger partial charge in [-0.25, -0.2) is 4.79 Å². The van der Waals surface area contributed by atoms with Crippen molar-refractivity contribution >= 4 is 16.9 Å². The Morgan fingerprint density at radius 2 is 1.77 bits per heavy atom. The van der Waals surface area contributed by atoms with Crippen molar-refractivity contribution in [1.82, 2.24) is 4.98 Å². The molecule has 3 rings (SSSR count). The number of rotatable bonds is 5. The number of hydrogen-bond donors (Lipinski definition) is 1. The average Bonchev–Trinajstić information content (AvgIpc) is 2.93. The first-order valence-corrected chi connectivity index (χ1v) is 7.24. The molecule has 112 valence electrons. The number of hydrogen-bond acceptors (Lipinski definition) is 3. The van der Waals surface area contributed by atoms with Crippen molar-refractivity contribution in [3.05, 3.63) is 65.9 Å². The monoisotopic (exact) mass is 295 g/mol. The molecular formula is C18H17NO3. The SMILES string of the molecule is CCOC(=O)c1[nH]c2ccccc2c1OCc1ccccc1. The van der Waals surface area contributed by atoms with Crippen LogP contribution in [0, 0.1) is 0 Å². The van der Waals surface area contributed by atoms with Crippen LogP contribution in [0.1, 0.15) is 23.0 Å². The number of aromatic nitrogens is 1. The normalized spacial score (nSPS) is 10.6. The van der Waals surface area contributed by atoms with Crippen LogP contribution in [0.4, 0.5) is 0 Å². The third kappa shape index (κ3) is 2.81.